The van der Waals surface area contributed by atoms with E-state index in [2.05, 4.69) is 94.2 Å². The monoisotopic (exact) mass is 558 g/mol. The maximum absolute atomic E-state index is 15.2. The van der Waals surface area contributed by atoms with E-state index < -0.39 is 7.14 Å². The summed E-state index contributed by atoms with van der Waals surface area (Å²) in [5.41, 5.74) is 5.55. The highest BCUT2D eigenvalue weighted by Gasteiger charge is 2.30. The maximum atomic E-state index is 15.2. The first-order valence-corrected chi connectivity index (χ1v) is 15.8. The summed E-state index contributed by atoms with van der Waals surface area (Å²) in [6, 6.07) is 53.8. The number of para-hydroxylation sites is 2. The summed E-state index contributed by atoms with van der Waals surface area (Å²) >= 11 is 0. The average molecular weight is 559 g/mol. The fourth-order valence-corrected chi connectivity index (χ4v) is 8.93. The Kier molecular flexibility index (Phi) is 5.73. The lowest BCUT2D eigenvalue weighted by atomic mass is 10.1. The SMILES string of the molecule is O=P(c1ccccc1)(c1ccccc1)c1cccc(-n2c3ccccc3c3cc4c(ccn4-c4ccccc4)cc32)c1. The molecule has 0 N–H and O–H groups in total. The molecule has 42 heavy (non-hydrogen) atoms. The Labute approximate surface area is 244 Å². The molecule has 0 unspecified atom stereocenters. The predicted octanol–water partition coefficient (Wildman–Crippen LogP) is 8.37. The second kappa shape index (κ2) is 9.76. The van der Waals surface area contributed by atoms with Crippen molar-refractivity contribution >= 4 is 55.8 Å². The number of aromatic nitrogens is 2. The minimum atomic E-state index is -3.11. The Morgan fingerprint density at radius 1 is 0.429 bits per heavy atom. The van der Waals surface area contributed by atoms with Crippen molar-refractivity contribution in [2.45, 2.75) is 0 Å². The van der Waals surface area contributed by atoms with Crippen molar-refractivity contribution in [3.8, 4) is 11.4 Å². The van der Waals surface area contributed by atoms with Crippen LogP contribution < -0.4 is 15.9 Å². The van der Waals surface area contributed by atoms with E-state index in [1.807, 2.05) is 78.9 Å². The number of nitrogens with zero attached hydrogens (tertiary/aromatic N) is 2. The molecule has 8 aromatic rings. The second-order valence-corrected chi connectivity index (χ2v) is 13.4. The smallest absolute Gasteiger partial charge is 0.171 e. The van der Waals surface area contributed by atoms with Gasteiger partial charge in [0.15, 0.2) is 7.14 Å². The van der Waals surface area contributed by atoms with E-state index in [1.54, 1.807) is 0 Å². The molecule has 6 aromatic carbocycles. The standard InChI is InChI=1S/C38H27N2OP/c41-42(31-16-6-2-7-17-31,32-18-8-3-9-19-32)33-20-12-15-30(26-33)40-36-22-11-10-21-34(36)35-27-37-28(25-38(35)40)23-24-39(37)29-13-4-1-5-14-29/h1-27H. The van der Waals surface area contributed by atoms with Gasteiger partial charge in [0.2, 0.25) is 0 Å². The van der Waals surface area contributed by atoms with E-state index in [-0.39, 0.29) is 0 Å². The lowest BCUT2D eigenvalue weighted by Gasteiger charge is -2.21. The van der Waals surface area contributed by atoms with Crippen LogP contribution in [0, 0.1) is 0 Å². The van der Waals surface area contributed by atoms with Crippen LogP contribution in [0.25, 0.3) is 44.1 Å². The molecule has 4 heteroatoms. The Morgan fingerprint density at radius 3 is 1.74 bits per heavy atom. The summed E-state index contributed by atoms with van der Waals surface area (Å²) in [4.78, 5) is 0. The Bertz CT molecular complexity index is 2220. The van der Waals surface area contributed by atoms with Gasteiger partial charge in [-0.05, 0) is 48.5 Å². The molecule has 0 saturated carbocycles. The van der Waals surface area contributed by atoms with Crippen molar-refractivity contribution in [3.05, 3.63) is 164 Å². The number of benzene rings is 6. The number of hydrogen-bond donors (Lipinski definition) is 0. The summed E-state index contributed by atoms with van der Waals surface area (Å²) < 4.78 is 19.7. The maximum Gasteiger partial charge on any atom is 0.171 e. The number of rotatable bonds is 5. The van der Waals surface area contributed by atoms with Gasteiger partial charge < -0.3 is 13.7 Å². The largest absolute Gasteiger partial charge is 0.317 e. The van der Waals surface area contributed by atoms with E-state index in [0.717, 1.165) is 38.3 Å². The van der Waals surface area contributed by atoms with Crippen LogP contribution in [0.4, 0.5) is 0 Å². The molecule has 0 amide bonds. The van der Waals surface area contributed by atoms with Crippen LogP contribution in [0.15, 0.2) is 164 Å². The average Bonchev–Trinajstić information content (AvgIpc) is 3.63. The molecule has 0 aliphatic rings. The molecule has 200 valence electrons. The zero-order chi connectivity index (χ0) is 28.1. The van der Waals surface area contributed by atoms with Crippen LogP contribution in [-0.4, -0.2) is 9.13 Å². The van der Waals surface area contributed by atoms with Gasteiger partial charge in [0.25, 0.3) is 0 Å². The van der Waals surface area contributed by atoms with Crippen LogP contribution in [0.2, 0.25) is 0 Å². The fraction of sp³-hybridized carbons (Fsp3) is 0. The van der Waals surface area contributed by atoms with Gasteiger partial charge in [0.05, 0.1) is 16.6 Å². The highest BCUT2D eigenvalue weighted by Crippen LogP contribution is 2.43. The summed E-state index contributed by atoms with van der Waals surface area (Å²) in [6.45, 7) is 0. The van der Waals surface area contributed by atoms with Gasteiger partial charge in [-0.1, -0.05) is 109 Å². The topological polar surface area (TPSA) is 26.9 Å². The number of fused-ring (bicyclic) bond motifs is 4. The molecule has 2 heterocycles. The second-order valence-electron chi connectivity index (χ2n) is 10.6. The number of hydrogen-bond acceptors (Lipinski definition) is 1. The first kappa shape index (κ1) is 24.7. The normalized spacial score (nSPS) is 11.9. The fourth-order valence-electron chi connectivity index (χ4n) is 6.24. The first-order chi connectivity index (χ1) is 20.7. The van der Waals surface area contributed by atoms with E-state index in [9.17, 15) is 0 Å². The highest BCUT2D eigenvalue weighted by molar-refractivity contribution is 7.85. The molecule has 0 atom stereocenters. The van der Waals surface area contributed by atoms with Gasteiger partial charge >= 0.3 is 0 Å². The van der Waals surface area contributed by atoms with Crippen molar-refractivity contribution in [1.29, 1.82) is 0 Å². The van der Waals surface area contributed by atoms with Gasteiger partial charge in [-0.2, -0.15) is 0 Å². The predicted molar refractivity (Wildman–Crippen MR) is 177 cm³/mol. The van der Waals surface area contributed by atoms with Crippen molar-refractivity contribution < 1.29 is 4.57 Å². The molecule has 0 radical (unpaired) electrons. The lowest BCUT2D eigenvalue weighted by Crippen LogP contribution is -2.25. The molecule has 0 aliphatic heterocycles. The quantitative estimate of drug-likeness (QED) is 0.195. The van der Waals surface area contributed by atoms with Crippen molar-refractivity contribution in [2.24, 2.45) is 0 Å². The lowest BCUT2D eigenvalue weighted by molar-refractivity contribution is 0.592. The minimum absolute atomic E-state index is 0.819. The molecule has 8 rings (SSSR count). The Balaban J connectivity index is 1.38. The van der Waals surface area contributed by atoms with Crippen molar-refractivity contribution in [2.75, 3.05) is 0 Å². The first-order valence-electron chi connectivity index (χ1n) is 14.1. The molecular weight excluding hydrogens is 531 g/mol. The third-order valence-electron chi connectivity index (χ3n) is 8.21. The summed E-state index contributed by atoms with van der Waals surface area (Å²) in [5.74, 6) is 0. The van der Waals surface area contributed by atoms with Crippen molar-refractivity contribution in [1.82, 2.24) is 9.13 Å². The molecule has 0 aliphatic carbocycles. The molecule has 0 saturated heterocycles. The summed E-state index contributed by atoms with van der Waals surface area (Å²) in [6.07, 6.45) is 2.14. The van der Waals surface area contributed by atoms with Crippen LogP contribution in [-0.2, 0) is 4.57 Å². The van der Waals surface area contributed by atoms with Gasteiger partial charge in [-0.15, -0.1) is 0 Å². The third-order valence-corrected chi connectivity index (χ3v) is 11.3. The summed E-state index contributed by atoms with van der Waals surface area (Å²) in [5, 5.41) is 6.04. The van der Waals surface area contributed by atoms with Crippen LogP contribution in [0.1, 0.15) is 0 Å². The molecule has 2 aromatic heterocycles. The van der Waals surface area contributed by atoms with E-state index in [0.29, 0.717) is 0 Å². The zero-order valence-corrected chi connectivity index (χ0v) is 23.7. The zero-order valence-electron chi connectivity index (χ0n) is 22.8. The van der Waals surface area contributed by atoms with Crippen LogP contribution >= 0.6 is 7.14 Å². The van der Waals surface area contributed by atoms with E-state index >= 15 is 4.57 Å². The Hall–Kier alpha value is -5.11. The van der Waals surface area contributed by atoms with Gasteiger partial charge in [0.1, 0.15) is 0 Å². The van der Waals surface area contributed by atoms with Crippen LogP contribution in [0.5, 0.6) is 0 Å². The molecule has 3 nitrogen and oxygen atoms in total. The Morgan fingerprint density at radius 2 is 1.02 bits per heavy atom. The van der Waals surface area contributed by atoms with E-state index in [4.69, 9.17) is 0 Å². The van der Waals surface area contributed by atoms with Gasteiger partial charge in [-0.3, -0.25) is 0 Å². The van der Waals surface area contributed by atoms with Crippen LogP contribution in [0.3, 0.4) is 0 Å². The summed E-state index contributed by atoms with van der Waals surface area (Å²) in [7, 11) is -3.11. The van der Waals surface area contributed by atoms with E-state index in [1.165, 1.54) is 21.7 Å². The van der Waals surface area contributed by atoms with Crippen molar-refractivity contribution in [3.63, 3.8) is 0 Å². The third kappa shape index (κ3) is 3.79. The van der Waals surface area contributed by atoms with Gasteiger partial charge in [-0.25, -0.2) is 0 Å². The molecule has 0 spiro atoms. The molecule has 0 fully saturated rings. The molecule has 0 bridgehead atoms. The van der Waals surface area contributed by atoms with Gasteiger partial charge in [0, 0.05) is 49.6 Å². The highest BCUT2D eigenvalue weighted by atomic mass is 31.2. The minimum Gasteiger partial charge on any atom is -0.317 e. The molecular formula is C38H27N2OP.